The van der Waals surface area contributed by atoms with Gasteiger partial charge in [-0.25, -0.2) is 4.79 Å². The Balaban J connectivity index is 2.31. The smallest absolute Gasteiger partial charge is 0.337 e. The summed E-state index contributed by atoms with van der Waals surface area (Å²) in [5.74, 6) is -1.79. The molecule has 0 saturated carbocycles. The number of carbonyl (C=O) groups is 2. The number of carboxylic acids is 1. The molecule has 0 aliphatic heterocycles. The molecule has 1 aromatic carbocycles. The number of carbonyl (C=O) groups excluding carboxylic acids is 1. The van der Waals surface area contributed by atoms with Crippen molar-refractivity contribution in [3.05, 3.63) is 47.8 Å². The van der Waals surface area contributed by atoms with Crippen LogP contribution in [0.1, 0.15) is 27.8 Å². The maximum atomic E-state index is 12.1. The van der Waals surface area contributed by atoms with Crippen molar-refractivity contribution in [3.63, 3.8) is 0 Å². The van der Waals surface area contributed by atoms with Crippen LogP contribution in [0.3, 0.4) is 0 Å². The average molecular weight is 274 g/mol. The van der Waals surface area contributed by atoms with Crippen LogP contribution >= 0.6 is 0 Å². The molecule has 1 amide bonds. The molecule has 0 aliphatic rings. The van der Waals surface area contributed by atoms with Crippen molar-refractivity contribution in [1.82, 2.24) is 4.57 Å². The number of amides is 1. The molecule has 0 aliphatic carbocycles. The summed E-state index contributed by atoms with van der Waals surface area (Å²) in [6.45, 7) is 2.54. The first-order valence-electron chi connectivity index (χ1n) is 6.05. The van der Waals surface area contributed by atoms with Crippen molar-refractivity contribution in [2.45, 2.75) is 13.5 Å². The Morgan fingerprint density at radius 2 is 2.05 bits per heavy atom. The number of aromatic nitrogens is 1. The van der Waals surface area contributed by atoms with E-state index in [0.29, 0.717) is 12.2 Å². The molecule has 0 atom stereocenters. The minimum atomic E-state index is -1.22. The van der Waals surface area contributed by atoms with Crippen LogP contribution in [0.15, 0.2) is 36.5 Å². The predicted molar refractivity (Wildman–Crippen MR) is 73.1 cm³/mol. The van der Waals surface area contributed by atoms with E-state index in [4.69, 9.17) is 5.11 Å². The SMILES string of the molecule is CCn1cccc1C(=O)Nc1ccc(O)cc1C(=O)O. The highest BCUT2D eigenvalue weighted by molar-refractivity contribution is 6.07. The molecule has 2 aromatic rings. The number of anilines is 1. The Bertz CT molecular complexity index is 661. The van der Waals surface area contributed by atoms with E-state index >= 15 is 0 Å². The number of nitrogens with one attached hydrogen (secondary N) is 1. The van der Waals surface area contributed by atoms with Crippen LogP contribution in [-0.4, -0.2) is 26.7 Å². The summed E-state index contributed by atoms with van der Waals surface area (Å²) in [7, 11) is 0. The summed E-state index contributed by atoms with van der Waals surface area (Å²) in [4.78, 5) is 23.2. The largest absolute Gasteiger partial charge is 0.508 e. The number of aromatic hydroxyl groups is 1. The lowest BCUT2D eigenvalue weighted by Gasteiger charge is -2.10. The number of phenolic OH excluding ortho intramolecular Hbond substituents is 1. The van der Waals surface area contributed by atoms with E-state index in [1.165, 1.54) is 12.1 Å². The minimum absolute atomic E-state index is 0.143. The van der Waals surface area contributed by atoms with Gasteiger partial charge in [0.25, 0.3) is 5.91 Å². The van der Waals surface area contributed by atoms with Crippen molar-refractivity contribution in [1.29, 1.82) is 0 Å². The van der Waals surface area contributed by atoms with Gasteiger partial charge in [0, 0.05) is 12.7 Å². The molecule has 0 radical (unpaired) electrons. The van der Waals surface area contributed by atoms with E-state index in [1.807, 2.05) is 6.92 Å². The standard InChI is InChI=1S/C14H14N2O4/c1-2-16-7-3-4-12(16)13(18)15-11-6-5-9(17)8-10(11)14(19)20/h3-8,17H,2H2,1H3,(H,15,18)(H,19,20). The summed E-state index contributed by atoms with van der Waals surface area (Å²) < 4.78 is 1.75. The zero-order valence-corrected chi connectivity index (χ0v) is 10.8. The highest BCUT2D eigenvalue weighted by Crippen LogP contribution is 2.22. The molecule has 1 aromatic heterocycles. The first-order chi connectivity index (χ1) is 9.52. The van der Waals surface area contributed by atoms with Crippen LogP contribution in [0.5, 0.6) is 5.75 Å². The van der Waals surface area contributed by atoms with E-state index in [0.717, 1.165) is 6.07 Å². The third-order valence-corrected chi connectivity index (χ3v) is 2.88. The maximum absolute atomic E-state index is 12.1. The molecule has 104 valence electrons. The minimum Gasteiger partial charge on any atom is -0.508 e. The van der Waals surface area contributed by atoms with Gasteiger partial charge in [-0.1, -0.05) is 0 Å². The van der Waals surface area contributed by atoms with Gasteiger partial charge in [0.05, 0.1) is 11.3 Å². The Labute approximate surface area is 115 Å². The second kappa shape index (κ2) is 5.48. The molecule has 1 heterocycles. The van der Waals surface area contributed by atoms with Gasteiger partial charge >= 0.3 is 5.97 Å². The Morgan fingerprint density at radius 1 is 1.30 bits per heavy atom. The van der Waals surface area contributed by atoms with E-state index in [9.17, 15) is 14.7 Å². The van der Waals surface area contributed by atoms with Crippen molar-refractivity contribution < 1.29 is 19.8 Å². The number of hydrogen-bond donors (Lipinski definition) is 3. The number of aromatic carboxylic acids is 1. The highest BCUT2D eigenvalue weighted by Gasteiger charge is 2.16. The Hall–Kier alpha value is -2.76. The molecular weight excluding hydrogens is 260 g/mol. The van der Waals surface area contributed by atoms with Gasteiger partial charge in [-0.3, -0.25) is 4.79 Å². The number of phenols is 1. The molecule has 0 unspecified atom stereocenters. The molecule has 6 nitrogen and oxygen atoms in total. The lowest BCUT2D eigenvalue weighted by atomic mass is 10.1. The lowest BCUT2D eigenvalue weighted by Crippen LogP contribution is -2.18. The van der Waals surface area contributed by atoms with Gasteiger partial charge in [-0.15, -0.1) is 0 Å². The first-order valence-corrected chi connectivity index (χ1v) is 6.05. The maximum Gasteiger partial charge on any atom is 0.337 e. The number of hydrogen-bond acceptors (Lipinski definition) is 3. The third kappa shape index (κ3) is 2.64. The number of benzene rings is 1. The van der Waals surface area contributed by atoms with Crippen LogP contribution in [0.4, 0.5) is 5.69 Å². The lowest BCUT2D eigenvalue weighted by molar-refractivity contribution is 0.0697. The van der Waals surface area contributed by atoms with Gasteiger partial charge in [0.15, 0.2) is 0 Å². The van der Waals surface area contributed by atoms with E-state index < -0.39 is 11.9 Å². The van der Waals surface area contributed by atoms with Crippen LogP contribution < -0.4 is 5.32 Å². The van der Waals surface area contributed by atoms with Crippen LogP contribution in [0.2, 0.25) is 0 Å². The fourth-order valence-electron chi connectivity index (χ4n) is 1.90. The first kappa shape index (κ1) is 13.7. The monoisotopic (exact) mass is 274 g/mol. The van der Waals surface area contributed by atoms with E-state index in [2.05, 4.69) is 5.32 Å². The number of nitrogens with zero attached hydrogens (tertiary/aromatic N) is 1. The summed E-state index contributed by atoms with van der Waals surface area (Å²) in [6.07, 6.45) is 1.77. The molecular formula is C14H14N2O4. The van der Waals surface area contributed by atoms with Crippen molar-refractivity contribution in [3.8, 4) is 5.75 Å². The topological polar surface area (TPSA) is 91.6 Å². The van der Waals surface area contributed by atoms with Crippen molar-refractivity contribution in [2.75, 3.05) is 5.32 Å². The predicted octanol–water partition coefficient (Wildman–Crippen LogP) is 2.16. The molecule has 0 fully saturated rings. The van der Waals surface area contributed by atoms with Gasteiger partial charge in [0.2, 0.25) is 0 Å². The van der Waals surface area contributed by atoms with Crippen LogP contribution in [-0.2, 0) is 6.54 Å². The third-order valence-electron chi connectivity index (χ3n) is 2.88. The average Bonchev–Trinajstić information content (AvgIpc) is 2.89. The van der Waals surface area contributed by atoms with Gasteiger partial charge in [-0.05, 0) is 37.3 Å². The number of rotatable bonds is 4. The van der Waals surface area contributed by atoms with Gasteiger partial charge < -0.3 is 20.1 Å². The second-order valence-corrected chi connectivity index (χ2v) is 4.17. The highest BCUT2D eigenvalue weighted by atomic mass is 16.4. The second-order valence-electron chi connectivity index (χ2n) is 4.17. The zero-order chi connectivity index (χ0) is 14.7. The number of carboxylic acid groups (broad SMARTS) is 1. The Kier molecular flexibility index (Phi) is 3.74. The molecule has 2 rings (SSSR count). The number of aryl methyl sites for hydroxylation is 1. The summed E-state index contributed by atoms with van der Waals surface area (Å²) in [5, 5.41) is 20.9. The van der Waals surface area contributed by atoms with Crippen molar-refractivity contribution in [2.24, 2.45) is 0 Å². The molecule has 0 spiro atoms. The van der Waals surface area contributed by atoms with Gasteiger partial charge in [0.1, 0.15) is 11.4 Å². The van der Waals surface area contributed by atoms with E-state index in [1.54, 1.807) is 22.9 Å². The molecule has 6 heteroatoms. The molecule has 0 bridgehead atoms. The van der Waals surface area contributed by atoms with Crippen LogP contribution in [0.25, 0.3) is 0 Å². The fourth-order valence-corrected chi connectivity index (χ4v) is 1.90. The quantitative estimate of drug-likeness (QED) is 0.745. The fraction of sp³-hybridized carbons (Fsp3) is 0.143. The summed E-state index contributed by atoms with van der Waals surface area (Å²) in [5.41, 5.74) is 0.425. The summed E-state index contributed by atoms with van der Waals surface area (Å²) >= 11 is 0. The van der Waals surface area contributed by atoms with E-state index in [-0.39, 0.29) is 17.0 Å². The normalized spacial score (nSPS) is 10.2. The van der Waals surface area contributed by atoms with Crippen LogP contribution in [0, 0.1) is 0 Å². The molecule has 3 N–H and O–H groups in total. The molecule has 0 saturated heterocycles. The zero-order valence-electron chi connectivity index (χ0n) is 10.8. The van der Waals surface area contributed by atoms with Crippen molar-refractivity contribution >= 4 is 17.6 Å². The van der Waals surface area contributed by atoms with Gasteiger partial charge in [-0.2, -0.15) is 0 Å². The molecule has 20 heavy (non-hydrogen) atoms. The Morgan fingerprint density at radius 3 is 2.70 bits per heavy atom. The summed E-state index contributed by atoms with van der Waals surface area (Å²) in [6, 6.07) is 7.17.